The summed E-state index contributed by atoms with van der Waals surface area (Å²) in [5.41, 5.74) is 1.30. The Hall–Kier alpha value is -2.41. The highest BCUT2D eigenvalue weighted by molar-refractivity contribution is 5.93. The van der Waals surface area contributed by atoms with Gasteiger partial charge in [0, 0.05) is 25.3 Å². The zero-order chi connectivity index (χ0) is 17.4. The lowest BCUT2D eigenvalue weighted by atomic mass is 10.2. The van der Waals surface area contributed by atoms with E-state index in [1.54, 1.807) is 43.1 Å². The van der Waals surface area contributed by atoms with Crippen molar-refractivity contribution in [3.05, 3.63) is 24.3 Å². The van der Waals surface area contributed by atoms with Gasteiger partial charge in [-0.1, -0.05) is 6.92 Å². The number of amides is 3. The lowest BCUT2D eigenvalue weighted by molar-refractivity contribution is -0.126. The predicted octanol–water partition coefficient (Wildman–Crippen LogP) is 1.04. The third-order valence-corrected chi connectivity index (χ3v) is 3.42. The molecule has 0 bridgehead atoms. The molecule has 0 aromatic heterocycles. The minimum atomic E-state index is -0.377. The van der Waals surface area contributed by atoms with Crippen LogP contribution in [0.4, 0.5) is 11.4 Å². The Bertz CT molecular complexity index is 557. The Labute approximate surface area is 136 Å². The first-order chi connectivity index (χ1) is 10.9. The number of carbonyl (C=O) groups excluding carboxylic acids is 3. The second-order valence-corrected chi connectivity index (χ2v) is 5.16. The van der Waals surface area contributed by atoms with Crippen LogP contribution in [0, 0.1) is 0 Å². The van der Waals surface area contributed by atoms with E-state index in [4.69, 9.17) is 0 Å². The van der Waals surface area contributed by atoms with Gasteiger partial charge < -0.3 is 16.0 Å². The van der Waals surface area contributed by atoms with E-state index < -0.39 is 0 Å². The van der Waals surface area contributed by atoms with Crippen molar-refractivity contribution in [1.82, 2.24) is 10.2 Å². The number of rotatable bonds is 7. The molecular weight excluding hydrogens is 296 g/mol. The van der Waals surface area contributed by atoms with Gasteiger partial charge in [0.1, 0.15) is 0 Å². The van der Waals surface area contributed by atoms with Crippen molar-refractivity contribution in [3.8, 4) is 0 Å². The molecule has 23 heavy (non-hydrogen) atoms. The van der Waals surface area contributed by atoms with Crippen LogP contribution in [0.15, 0.2) is 24.3 Å². The molecule has 0 radical (unpaired) electrons. The Kier molecular flexibility index (Phi) is 7.21. The molecule has 7 heteroatoms. The molecule has 1 aromatic rings. The second-order valence-electron chi connectivity index (χ2n) is 5.16. The summed E-state index contributed by atoms with van der Waals surface area (Å²) in [7, 11) is 1.57. The van der Waals surface area contributed by atoms with E-state index in [1.807, 2.05) is 6.92 Å². The van der Waals surface area contributed by atoms with Crippen LogP contribution in [-0.2, 0) is 14.4 Å². The van der Waals surface area contributed by atoms with Gasteiger partial charge in [0.25, 0.3) is 0 Å². The molecule has 126 valence electrons. The third kappa shape index (κ3) is 6.07. The van der Waals surface area contributed by atoms with Crippen LogP contribution in [0.1, 0.15) is 20.8 Å². The molecule has 0 aliphatic heterocycles. The van der Waals surface area contributed by atoms with E-state index in [1.165, 1.54) is 6.92 Å². The Morgan fingerprint density at radius 3 is 2.04 bits per heavy atom. The van der Waals surface area contributed by atoms with Crippen LogP contribution in [-0.4, -0.2) is 48.8 Å². The normalized spacial score (nSPS) is 11.7. The van der Waals surface area contributed by atoms with Crippen LogP contribution < -0.4 is 16.0 Å². The third-order valence-electron chi connectivity index (χ3n) is 3.42. The standard InChI is InChI=1S/C16H24N4O3/c1-5-20(11(2)16(23)17-4)10-15(22)19-14-8-6-13(7-9-14)18-12(3)21/h6-9,11H,5,10H2,1-4H3,(H,17,23)(H,18,21)(H,19,22)/t11-/m0/s1. The number of benzene rings is 1. The summed E-state index contributed by atoms with van der Waals surface area (Å²) >= 11 is 0. The van der Waals surface area contributed by atoms with E-state index in [-0.39, 0.29) is 30.3 Å². The van der Waals surface area contributed by atoms with Gasteiger partial charge in [-0.15, -0.1) is 0 Å². The van der Waals surface area contributed by atoms with Gasteiger partial charge in [0.05, 0.1) is 12.6 Å². The number of nitrogens with one attached hydrogen (secondary N) is 3. The Morgan fingerprint density at radius 2 is 1.61 bits per heavy atom. The average molecular weight is 320 g/mol. The first kappa shape index (κ1) is 18.6. The average Bonchev–Trinajstić information content (AvgIpc) is 2.52. The van der Waals surface area contributed by atoms with Gasteiger partial charge in [-0.2, -0.15) is 0 Å². The van der Waals surface area contributed by atoms with Crippen molar-refractivity contribution in [2.24, 2.45) is 0 Å². The van der Waals surface area contributed by atoms with Gasteiger partial charge in [0.15, 0.2) is 0 Å². The molecule has 0 heterocycles. The van der Waals surface area contributed by atoms with Crippen molar-refractivity contribution >= 4 is 29.1 Å². The van der Waals surface area contributed by atoms with Gasteiger partial charge in [-0.3, -0.25) is 19.3 Å². The molecule has 7 nitrogen and oxygen atoms in total. The van der Waals surface area contributed by atoms with Crippen molar-refractivity contribution in [2.75, 3.05) is 30.8 Å². The van der Waals surface area contributed by atoms with Crippen molar-refractivity contribution in [3.63, 3.8) is 0 Å². The molecule has 0 aliphatic rings. The number of nitrogens with zero attached hydrogens (tertiary/aromatic N) is 1. The fraction of sp³-hybridized carbons (Fsp3) is 0.438. The summed E-state index contributed by atoms with van der Waals surface area (Å²) < 4.78 is 0. The van der Waals surface area contributed by atoms with Gasteiger partial charge in [0.2, 0.25) is 17.7 Å². The molecular formula is C16H24N4O3. The number of hydrogen-bond donors (Lipinski definition) is 3. The topological polar surface area (TPSA) is 90.5 Å². The molecule has 0 aliphatic carbocycles. The molecule has 0 fully saturated rings. The van der Waals surface area contributed by atoms with Crippen molar-refractivity contribution in [1.29, 1.82) is 0 Å². The van der Waals surface area contributed by atoms with E-state index in [0.29, 0.717) is 17.9 Å². The number of carbonyl (C=O) groups is 3. The summed E-state index contributed by atoms with van der Waals surface area (Å²) in [4.78, 5) is 36.5. The van der Waals surface area contributed by atoms with Gasteiger partial charge in [-0.05, 0) is 37.7 Å². The zero-order valence-electron chi connectivity index (χ0n) is 14.0. The minimum Gasteiger partial charge on any atom is -0.358 e. The zero-order valence-corrected chi connectivity index (χ0v) is 14.0. The first-order valence-electron chi connectivity index (χ1n) is 7.50. The monoisotopic (exact) mass is 320 g/mol. The largest absolute Gasteiger partial charge is 0.358 e. The summed E-state index contributed by atoms with van der Waals surface area (Å²) in [5.74, 6) is -0.474. The molecule has 1 aromatic carbocycles. The van der Waals surface area contributed by atoms with Crippen molar-refractivity contribution < 1.29 is 14.4 Å². The lowest BCUT2D eigenvalue weighted by Gasteiger charge is -2.25. The maximum absolute atomic E-state index is 12.1. The van der Waals surface area contributed by atoms with E-state index in [0.717, 1.165) is 0 Å². The maximum Gasteiger partial charge on any atom is 0.238 e. The highest BCUT2D eigenvalue weighted by atomic mass is 16.2. The Balaban J connectivity index is 2.61. The summed E-state index contributed by atoms with van der Waals surface area (Å²) in [6, 6.07) is 6.46. The molecule has 3 amide bonds. The van der Waals surface area contributed by atoms with E-state index >= 15 is 0 Å². The summed E-state index contributed by atoms with van der Waals surface area (Å²) in [6.07, 6.45) is 0. The molecule has 1 atom stereocenters. The van der Waals surface area contributed by atoms with Gasteiger partial charge in [-0.25, -0.2) is 0 Å². The summed E-state index contributed by atoms with van der Waals surface area (Å²) in [6.45, 7) is 5.80. The van der Waals surface area contributed by atoms with Crippen LogP contribution in [0.5, 0.6) is 0 Å². The second kappa shape index (κ2) is 8.89. The number of hydrogen-bond acceptors (Lipinski definition) is 4. The SMILES string of the molecule is CCN(CC(=O)Nc1ccc(NC(C)=O)cc1)[C@@H](C)C(=O)NC. The highest BCUT2D eigenvalue weighted by Crippen LogP contribution is 2.13. The van der Waals surface area contributed by atoms with Crippen LogP contribution in [0.25, 0.3) is 0 Å². The highest BCUT2D eigenvalue weighted by Gasteiger charge is 2.21. The lowest BCUT2D eigenvalue weighted by Crippen LogP contribution is -2.47. The smallest absolute Gasteiger partial charge is 0.238 e. The van der Waals surface area contributed by atoms with E-state index in [9.17, 15) is 14.4 Å². The summed E-state index contributed by atoms with van der Waals surface area (Å²) in [5, 5.41) is 8.01. The number of anilines is 2. The molecule has 0 unspecified atom stereocenters. The molecule has 0 saturated carbocycles. The van der Waals surface area contributed by atoms with Crippen LogP contribution in [0.2, 0.25) is 0 Å². The minimum absolute atomic E-state index is 0.124. The van der Waals surface area contributed by atoms with Gasteiger partial charge >= 0.3 is 0 Å². The fourth-order valence-corrected chi connectivity index (χ4v) is 2.12. The Morgan fingerprint density at radius 1 is 1.09 bits per heavy atom. The number of likely N-dealkylation sites (N-methyl/N-ethyl adjacent to an activating group) is 2. The van der Waals surface area contributed by atoms with Crippen molar-refractivity contribution in [2.45, 2.75) is 26.8 Å². The van der Waals surface area contributed by atoms with Crippen LogP contribution in [0.3, 0.4) is 0 Å². The maximum atomic E-state index is 12.1. The van der Waals surface area contributed by atoms with E-state index in [2.05, 4.69) is 16.0 Å². The molecule has 0 saturated heterocycles. The first-order valence-corrected chi connectivity index (χ1v) is 7.50. The molecule has 3 N–H and O–H groups in total. The quantitative estimate of drug-likeness (QED) is 0.700. The molecule has 0 spiro atoms. The molecule has 1 rings (SSSR count). The fourth-order valence-electron chi connectivity index (χ4n) is 2.12. The predicted molar refractivity (Wildman–Crippen MR) is 90.2 cm³/mol. The van der Waals surface area contributed by atoms with Crippen LogP contribution >= 0.6 is 0 Å².